The van der Waals surface area contributed by atoms with E-state index < -0.39 is 0 Å². The first kappa shape index (κ1) is 10.5. The van der Waals surface area contributed by atoms with Gasteiger partial charge >= 0.3 is 0 Å². The lowest BCUT2D eigenvalue weighted by molar-refractivity contribution is 0.112. The number of fused-ring (bicyclic) bond motifs is 1. The highest BCUT2D eigenvalue weighted by Gasteiger charge is 2.08. The molecular weight excluding hydrogens is 202 g/mol. The van der Waals surface area contributed by atoms with Crippen LogP contribution >= 0.6 is 0 Å². The molecule has 0 saturated heterocycles. The topological polar surface area (TPSA) is 40.5 Å². The molecule has 16 heavy (non-hydrogen) atoms. The minimum absolute atomic E-state index is 0.173. The van der Waals surface area contributed by atoms with Gasteiger partial charge < -0.3 is 10.0 Å². The molecule has 0 aliphatic carbocycles. The van der Waals surface area contributed by atoms with Crippen molar-refractivity contribution in [2.75, 3.05) is 19.0 Å². The summed E-state index contributed by atoms with van der Waals surface area (Å²) >= 11 is 0. The molecule has 3 nitrogen and oxygen atoms in total. The summed E-state index contributed by atoms with van der Waals surface area (Å²) in [7, 11) is 3.77. The van der Waals surface area contributed by atoms with Gasteiger partial charge in [-0.2, -0.15) is 0 Å². The predicted octanol–water partition coefficient (Wildman–Crippen LogP) is 2.42. The number of phenols is 1. The summed E-state index contributed by atoms with van der Waals surface area (Å²) in [4.78, 5) is 13.0. The van der Waals surface area contributed by atoms with E-state index in [1.54, 1.807) is 18.2 Å². The Morgan fingerprint density at radius 3 is 2.50 bits per heavy atom. The number of anilines is 1. The fourth-order valence-electron chi connectivity index (χ4n) is 1.83. The largest absolute Gasteiger partial charge is 0.508 e. The number of carbonyl (C=O) groups is 1. The van der Waals surface area contributed by atoms with Crippen molar-refractivity contribution in [1.29, 1.82) is 0 Å². The maximum absolute atomic E-state index is 11.1. The number of nitrogens with zero attached hydrogens (tertiary/aromatic N) is 1. The molecule has 82 valence electrons. The maximum atomic E-state index is 11.1. The lowest BCUT2D eigenvalue weighted by atomic mass is 10.0. The molecule has 0 aliphatic heterocycles. The smallest absolute Gasteiger partial charge is 0.152 e. The second kappa shape index (κ2) is 3.85. The number of hydrogen-bond acceptors (Lipinski definition) is 3. The van der Waals surface area contributed by atoms with Gasteiger partial charge in [-0.3, -0.25) is 4.79 Å². The van der Waals surface area contributed by atoms with Gasteiger partial charge in [0.15, 0.2) is 6.29 Å². The first-order valence-electron chi connectivity index (χ1n) is 5.01. The zero-order valence-corrected chi connectivity index (χ0v) is 9.27. The zero-order chi connectivity index (χ0) is 11.7. The summed E-state index contributed by atoms with van der Waals surface area (Å²) in [5.74, 6) is 0.173. The maximum Gasteiger partial charge on any atom is 0.152 e. The molecule has 0 aromatic heterocycles. The normalized spacial score (nSPS) is 10.4. The highest BCUT2D eigenvalue weighted by Crippen LogP contribution is 2.28. The van der Waals surface area contributed by atoms with Crippen LogP contribution in [0, 0.1) is 0 Å². The quantitative estimate of drug-likeness (QED) is 0.782. The Balaban J connectivity index is 2.83. The van der Waals surface area contributed by atoms with Crippen LogP contribution in [0.15, 0.2) is 30.3 Å². The molecule has 3 heteroatoms. The van der Waals surface area contributed by atoms with Crippen LogP contribution in [0.4, 0.5) is 5.69 Å². The van der Waals surface area contributed by atoms with E-state index in [1.807, 2.05) is 31.1 Å². The number of aromatic hydroxyl groups is 1. The molecule has 0 unspecified atom stereocenters. The summed E-state index contributed by atoms with van der Waals surface area (Å²) in [5, 5.41) is 11.2. The van der Waals surface area contributed by atoms with Gasteiger partial charge in [-0.15, -0.1) is 0 Å². The molecule has 2 aromatic rings. The highest BCUT2D eigenvalue weighted by atomic mass is 16.3. The summed E-state index contributed by atoms with van der Waals surface area (Å²) < 4.78 is 0. The molecule has 0 radical (unpaired) electrons. The third kappa shape index (κ3) is 1.60. The van der Waals surface area contributed by atoms with Crippen molar-refractivity contribution < 1.29 is 9.90 Å². The molecule has 2 aromatic carbocycles. The molecule has 0 amide bonds. The lowest BCUT2D eigenvalue weighted by Gasteiger charge is -2.16. The van der Waals surface area contributed by atoms with Crippen LogP contribution in [0.2, 0.25) is 0 Å². The average molecular weight is 215 g/mol. The Labute approximate surface area is 93.9 Å². The Morgan fingerprint density at radius 1 is 1.19 bits per heavy atom. The average Bonchev–Trinajstić information content (AvgIpc) is 2.27. The lowest BCUT2D eigenvalue weighted by Crippen LogP contribution is -2.11. The minimum atomic E-state index is 0.173. The van der Waals surface area contributed by atoms with Crippen LogP contribution in [0.5, 0.6) is 5.75 Å². The monoisotopic (exact) mass is 215 g/mol. The summed E-state index contributed by atoms with van der Waals surface area (Å²) in [6.45, 7) is 0. The summed E-state index contributed by atoms with van der Waals surface area (Å²) in [6.07, 6.45) is 0.830. The van der Waals surface area contributed by atoms with Gasteiger partial charge in [-0.25, -0.2) is 0 Å². The van der Waals surface area contributed by atoms with Crippen molar-refractivity contribution in [2.45, 2.75) is 0 Å². The van der Waals surface area contributed by atoms with E-state index >= 15 is 0 Å². The molecule has 1 N–H and O–H groups in total. The third-order valence-electron chi connectivity index (χ3n) is 2.62. The number of hydrogen-bond donors (Lipinski definition) is 1. The number of aldehydes is 1. The van der Waals surface area contributed by atoms with Crippen molar-refractivity contribution >= 4 is 22.7 Å². The number of benzene rings is 2. The Hall–Kier alpha value is -2.03. The van der Waals surface area contributed by atoms with Gasteiger partial charge in [-0.1, -0.05) is 12.1 Å². The van der Waals surface area contributed by atoms with Gasteiger partial charge in [0.25, 0.3) is 0 Å². The van der Waals surface area contributed by atoms with E-state index in [-0.39, 0.29) is 5.75 Å². The van der Waals surface area contributed by atoms with Crippen molar-refractivity contribution in [3.63, 3.8) is 0 Å². The molecule has 0 saturated carbocycles. The van der Waals surface area contributed by atoms with Gasteiger partial charge in [0, 0.05) is 25.3 Å². The van der Waals surface area contributed by atoms with Crippen molar-refractivity contribution in [3.8, 4) is 5.75 Å². The third-order valence-corrected chi connectivity index (χ3v) is 2.62. The number of carbonyl (C=O) groups excluding carboxylic acids is 1. The molecule has 2 rings (SSSR count). The number of rotatable bonds is 2. The van der Waals surface area contributed by atoms with Crippen LogP contribution in [-0.4, -0.2) is 25.5 Å². The van der Waals surface area contributed by atoms with Gasteiger partial charge in [-0.05, 0) is 29.0 Å². The van der Waals surface area contributed by atoms with E-state index in [0.29, 0.717) is 5.56 Å². The Kier molecular flexibility index (Phi) is 2.52. The minimum Gasteiger partial charge on any atom is -0.508 e. The van der Waals surface area contributed by atoms with E-state index in [4.69, 9.17) is 0 Å². The van der Waals surface area contributed by atoms with Crippen LogP contribution in [-0.2, 0) is 0 Å². The highest BCUT2D eigenvalue weighted by molar-refractivity contribution is 6.04. The van der Waals surface area contributed by atoms with Crippen LogP contribution in [0.1, 0.15) is 10.4 Å². The van der Waals surface area contributed by atoms with Crippen LogP contribution in [0.25, 0.3) is 10.8 Å². The number of phenolic OH excluding ortho intramolecular Hbond substituents is 1. The first-order chi connectivity index (χ1) is 7.63. The van der Waals surface area contributed by atoms with Gasteiger partial charge in [0.05, 0.1) is 0 Å². The molecule has 0 bridgehead atoms. The zero-order valence-electron chi connectivity index (χ0n) is 9.27. The van der Waals surface area contributed by atoms with Gasteiger partial charge in [0.1, 0.15) is 5.75 Å². The predicted molar refractivity (Wildman–Crippen MR) is 65.3 cm³/mol. The van der Waals surface area contributed by atoms with E-state index in [2.05, 4.69) is 0 Å². The molecule has 0 fully saturated rings. The second-order valence-electron chi connectivity index (χ2n) is 3.92. The molecular formula is C13H13NO2. The fourth-order valence-corrected chi connectivity index (χ4v) is 1.83. The van der Waals surface area contributed by atoms with E-state index in [1.165, 1.54) is 0 Å². The van der Waals surface area contributed by atoms with Crippen LogP contribution in [0.3, 0.4) is 0 Å². The first-order valence-corrected chi connectivity index (χ1v) is 5.01. The van der Waals surface area contributed by atoms with Gasteiger partial charge in [0.2, 0.25) is 0 Å². The van der Waals surface area contributed by atoms with Crippen molar-refractivity contribution in [1.82, 2.24) is 0 Å². The Bertz CT molecular complexity index is 547. The molecule has 0 heterocycles. The van der Waals surface area contributed by atoms with E-state index in [0.717, 1.165) is 22.7 Å². The van der Waals surface area contributed by atoms with Crippen LogP contribution < -0.4 is 4.90 Å². The SMILES string of the molecule is CN(C)c1ccc2ccc(O)cc2c1C=O. The van der Waals surface area contributed by atoms with E-state index in [9.17, 15) is 9.90 Å². The van der Waals surface area contributed by atoms with Crippen molar-refractivity contribution in [2.24, 2.45) is 0 Å². The fraction of sp³-hybridized carbons (Fsp3) is 0.154. The molecule has 0 atom stereocenters. The summed E-state index contributed by atoms with van der Waals surface area (Å²) in [5.41, 5.74) is 1.46. The molecule has 0 aliphatic rings. The standard InChI is InChI=1S/C13H13NO2/c1-14(2)13-6-4-9-3-5-10(16)7-11(9)12(13)8-15/h3-8,16H,1-2H3. The van der Waals surface area contributed by atoms with Crippen molar-refractivity contribution in [3.05, 3.63) is 35.9 Å². The Morgan fingerprint density at radius 2 is 1.88 bits per heavy atom. The second-order valence-corrected chi connectivity index (χ2v) is 3.92. The summed E-state index contributed by atoms with van der Waals surface area (Å²) in [6, 6.07) is 8.88. The molecule has 0 spiro atoms.